The van der Waals surface area contributed by atoms with E-state index in [0.29, 0.717) is 17.1 Å². The molecule has 0 aliphatic carbocycles. The second-order valence-electron chi connectivity index (χ2n) is 3.67. The number of pyridine rings is 1. The zero-order valence-corrected chi connectivity index (χ0v) is 9.62. The molecule has 88 valence electrons. The highest BCUT2D eigenvalue weighted by Crippen LogP contribution is 2.18. The average molecular weight is 253 g/mol. The van der Waals surface area contributed by atoms with E-state index in [-0.39, 0.29) is 16.9 Å². The monoisotopic (exact) mass is 252 g/mol. The molecule has 0 spiro atoms. The molecule has 2 rings (SSSR count). The van der Waals surface area contributed by atoms with Crippen molar-refractivity contribution >= 4 is 17.3 Å². The van der Waals surface area contributed by atoms with Gasteiger partial charge in [-0.3, -0.25) is 4.79 Å². The molecule has 1 heterocycles. The molecule has 17 heavy (non-hydrogen) atoms. The average Bonchev–Trinajstić information content (AvgIpc) is 2.29. The third kappa shape index (κ3) is 2.65. The Bertz CT molecular complexity index is 610. The van der Waals surface area contributed by atoms with E-state index in [2.05, 4.69) is 0 Å². The molecule has 2 N–H and O–H groups in total. The van der Waals surface area contributed by atoms with Gasteiger partial charge in [0.2, 0.25) is 5.43 Å². The summed E-state index contributed by atoms with van der Waals surface area (Å²) in [6.45, 7) is 0.362. The maximum Gasteiger partial charge on any atom is 0.204 e. The van der Waals surface area contributed by atoms with Gasteiger partial charge in [-0.1, -0.05) is 11.6 Å². The Balaban J connectivity index is 2.34. The predicted octanol–water partition coefficient (Wildman–Crippen LogP) is 2.27. The minimum absolute atomic E-state index is 0.153. The predicted molar refractivity (Wildman–Crippen MR) is 65.6 cm³/mol. The number of anilines is 1. The first kappa shape index (κ1) is 11.7. The van der Waals surface area contributed by atoms with Gasteiger partial charge in [0, 0.05) is 30.0 Å². The van der Waals surface area contributed by atoms with Crippen molar-refractivity contribution in [3.05, 3.63) is 63.3 Å². The lowest BCUT2D eigenvalue weighted by atomic mass is 10.2. The van der Waals surface area contributed by atoms with Crippen LogP contribution in [0, 0.1) is 5.82 Å². The van der Waals surface area contributed by atoms with E-state index in [0.717, 1.165) is 0 Å². The number of aromatic nitrogens is 1. The first-order chi connectivity index (χ1) is 8.06. The third-order valence-corrected chi connectivity index (χ3v) is 2.74. The van der Waals surface area contributed by atoms with E-state index in [4.69, 9.17) is 17.3 Å². The summed E-state index contributed by atoms with van der Waals surface area (Å²) in [6, 6.07) is 5.52. The van der Waals surface area contributed by atoms with E-state index in [9.17, 15) is 9.18 Å². The molecule has 0 amide bonds. The third-order valence-electron chi connectivity index (χ3n) is 2.37. The molecular formula is C12H10ClFN2O. The van der Waals surface area contributed by atoms with Crippen molar-refractivity contribution in [1.29, 1.82) is 0 Å². The van der Waals surface area contributed by atoms with Crippen molar-refractivity contribution in [1.82, 2.24) is 4.57 Å². The van der Waals surface area contributed by atoms with Crippen molar-refractivity contribution in [3.63, 3.8) is 0 Å². The van der Waals surface area contributed by atoms with Gasteiger partial charge < -0.3 is 10.3 Å². The zero-order chi connectivity index (χ0) is 12.4. The van der Waals surface area contributed by atoms with Gasteiger partial charge in [-0.15, -0.1) is 0 Å². The highest BCUT2D eigenvalue weighted by Gasteiger charge is 2.03. The Morgan fingerprint density at radius 3 is 2.82 bits per heavy atom. The Kier molecular flexibility index (Phi) is 3.15. The molecule has 0 aliphatic rings. The van der Waals surface area contributed by atoms with Crippen molar-refractivity contribution in [2.24, 2.45) is 0 Å². The summed E-state index contributed by atoms with van der Waals surface area (Å²) < 4.78 is 14.7. The maximum atomic E-state index is 13.1. The van der Waals surface area contributed by atoms with Crippen LogP contribution in [-0.2, 0) is 6.54 Å². The van der Waals surface area contributed by atoms with E-state index in [1.54, 1.807) is 10.8 Å². The summed E-state index contributed by atoms with van der Waals surface area (Å²) in [5.74, 6) is -0.349. The lowest BCUT2D eigenvalue weighted by Gasteiger charge is -2.08. The van der Waals surface area contributed by atoms with Crippen LogP contribution in [0.1, 0.15) is 5.56 Å². The normalized spacial score (nSPS) is 10.5. The molecule has 0 saturated carbocycles. The van der Waals surface area contributed by atoms with Gasteiger partial charge in [0.05, 0.1) is 5.69 Å². The summed E-state index contributed by atoms with van der Waals surface area (Å²) in [5, 5.41) is 0.476. The van der Waals surface area contributed by atoms with Gasteiger partial charge in [-0.25, -0.2) is 4.39 Å². The summed E-state index contributed by atoms with van der Waals surface area (Å²) in [7, 11) is 0. The smallest absolute Gasteiger partial charge is 0.204 e. The Morgan fingerprint density at radius 1 is 1.35 bits per heavy atom. The standard InChI is InChI=1S/C12H10ClFN2O/c13-10-2-1-9(14)5-8(10)6-16-4-3-12(17)11(15)7-16/h1-5,7H,6,15H2. The summed E-state index contributed by atoms with van der Waals surface area (Å²) >= 11 is 5.94. The quantitative estimate of drug-likeness (QED) is 0.891. The molecule has 3 nitrogen and oxygen atoms in total. The number of rotatable bonds is 2. The topological polar surface area (TPSA) is 48.0 Å². The number of nitrogens with zero attached hydrogens (tertiary/aromatic N) is 1. The van der Waals surface area contributed by atoms with Gasteiger partial charge in [-0.05, 0) is 23.8 Å². The van der Waals surface area contributed by atoms with Gasteiger partial charge in [0.1, 0.15) is 5.82 Å². The van der Waals surface area contributed by atoms with Crippen molar-refractivity contribution in [2.45, 2.75) is 6.54 Å². The van der Waals surface area contributed by atoms with Crippen LogP contribution in [0.4, 0.5) is 10.1 Å². The van der Waals surface area contributed by atoms with Crippen LogP contribution in [0.5, 0.6) is 0 Å². The first-order valence-corrected chi connectivity index (χ1v) is 5.33. The van der Waals surface area contributed by atoms with Gasteiger partial charge >= 0.3 is 0 Å². The number of halogens is 2. The number of benzene rings is 1. The van der Waals surface area contributed by atoms with Gasteiger partial charge in [0.25, 0.3) is 0 Å². The van der Waals surface area contributed by atoms with Crippen molar-refractivity contribution in [3.8, 4) is 0 Å². The van der Waals surface area contributed by atoms with Crippen LogP contribution >= 0.6 is 11.6 Å². The Hall–Kier alpha value is -1.81. The fraction of sp³-hybridized carbons (Fsp3) is 0.0833. The molecule has 0 radical (unpaired) electrons. The van der Waals surface area contributed by atoms with Crippen LogP contribution in [-0.4, -0.2) is 4.57 Å². The second kappa shape index (κ2) is 4.59. The first-order valence-electron chi connectivity index (χ1n) is 4.96. The van der Waals surface area contributed by atoms with Crippen LogP contribution in [0.15, 0.2) is 41.5 Å². The summed E-state index contributed by atoms with van der Waals surface area (Å²) in [6.07, 6.45) is 3.09. The van der Waals surface area contributed by atoms with Crippen LogP contribution < -0.4 is 11.2 Å². The molecule has 5 heteroatoms. The second-order valence-corrected chi connectivity index (χ2v) is 4.08. The fourth-order valence-electron chi connectivity index (χ4n) is 1.50. The Morgan fingerprint density at radius 2 is 2.12 bits per heavy atom. The molecule has 1 aromatic carbocycles. The van der Waals surface area contributed by atoms with E-state index >= 15 is 0 Å². The number of nitrogens with two attached hydrogens (primary N) is 1. The molecule has 0 fully saturated rings. The van der Waals surface area contributed by atoms with Crippen molar-refractivity contribution in [2.75, 3.05) is 5.73 Å². The highest BCUT2D eigenvalue weighted by atomic mass is 35.5. The molecule has 0 aliphatic heterocycles. The van der Waals surface area contributed by atoms with E-state index in [1.165, 1.54) is 30.5 Å². The van der Waals surface area contributed by atoms with Crippen molar-refractivity contribution < 1.29 is 4.39 Å². The molecule has 0 saturated heterocycles. The lowest BCUT2D eigenvalue weighted by Crippen LogP contribution is -2.11. The molecule has 1 aromatic heterocycles. The highest BCUT2D eigenvalue weighted by molar-refractivity contribution is 6.31. The zero-order valence-electron chi connectivity index (χ0n) is 8.86. The SMILES string of the molecule is Nc1cn(Cc2cc(F)ccc2Cl)ccc1=O. The van der Waals surface area contributed by atoms with E-state index in [1.807, 2.05) is 0 Å². The Labute approximate surface area is 102 Å². The minimum atomic E-state index is -0.349. The van der Waals surface area contributed by atoms with Gasteiger partial charge in [0.15, 0.2) is 0 Å². The lowest BCUT2D eigenvalue weighted by molar-refractivity contribution is 0.623. The van der Waals surface area contributed by atoms with E-state index < -0.39 is 0 Å². The largest absolute Gasteiger partial charge is 0.394 e. The summed E-state index contributed by atoms with van der Waals surface area (Å²) in [4.78, 5) is 11.1. The molecular weight excluding hydrogens is 243 g/mol. The number of hydrogen-bond acceptors (Lipinski definition) is 2. The summed E-state index contributed by atoms with van der Waals surface area (Å²) in [5.41, 5.74) is 6.06. The van der Waals surface area contributed by atoms with Crippen LogP contribution in [0.2, 0.25) is 5.02 Å². The fourth-order valence-corrected chi connectivity index (χ4v) is 1.68. The maximum absolute atomic E-state index is 13.1. The molecule has 0 unspecified atom stereocenters. The molecule has 0 atom stereocenters. The number of nitrogen functional groups attached to an aromatic ring is 1. The minimum Gasteiger partial charge on any atom is -0.394 e. The molecule has 2 aromatic rings. The van der Waals surface area contributed by atoms with Gasteiger partial charge in [-0.2, -0.15) is 0 Å². The van der Waals surface area contributed by atoms with Crippen LogP contribution in [0.25, 0.3) is 0 Å². The molecule has 0 bridgehead atoms. The van der Waals surface area contributed by atoms with Crippen LogP contribution in [0.3, 0.4) is 0 Å². The number of hydrogen-bond donors (Lipinski definition) is 1.